The zero-order chi connectivity index (χ0) is 12.7. The number of rotatable bonds is 7. The summed E-state index contributed by atoms with van der Waals surface area (Å²) in [5.74, 6) is 0.909. The van der Waals surface area contributed by atoms with Gasteiger partial charge in [-0.15, -0.1) is 0 Å². The molecule has 0 amide bonds. The Morgan fingerprint density at radius 3 is 2.53 bits per heavy atom. The number of methoxy groups -OCH3 is 1. The van der Waals surface area contributed by atoms with Gasteiger partial charge in [-0.2, -0.15) is 0 Å². The van der Waals surface area contributed by atoms with Crippen molar-refractivity contribution in [3.63, 3.8) is 0 Å². The van der Waals surface area contributed by atoms with E-state index in [0.29, 0.717) is 6.04 Å². The first-order valence-corrected chi connectivity index (χ1v) is 6.14. The van der Waals surface area contributed by atoms with Crippen molar-refractivity contribution in [3.8, 4) is 5.75 Å². The quantitative estimate of drug-likeness (QED) is 0.789. The Kier molecular flexibility index (Phi) is 5.84. The van der Waals surface area contributed by atoms with Crippen molar-refractivity contribution in [1.82, 2.24) is 0 Å². The molecule has 0 saturated heterocycles. The molecule has 1 atom stereocenters. The van der Waals surface area contributed by atoms with Crippen LogP contribution < -0.4 is 10.1 Å². The summed E-state index contributed by atoms with van der Waals surface area (Å²) in [7, 11) is 1.72. The molecule has 96 valence electrons. The van der Waals surface area contributed by atoms with Crippen molar-refractivity contribution in [1.29, 1.82) is 0 Å². The van der Waals surface area contributed by atoms with Crippen molar-refractivity contribution in [3.05, 3.63) is 24.3 Å². The third kappa shape index (κ3) is 5.09. The van der Waals surface area contributed by atoms with E-state index < -0.39 is 0 Å². The Bertz CT molecular complexity index is 326. The molecule has 0 aliphatic heterocycles. The Hall–Kier alpha value is -1.22. The minimum atomic E-state index is 0.187. The molecule has 0 radical (unpaired) electrons. The molecule has 0 fully saturated rings. The van der Waals surface area contributed by atoms with Gasteiger partial charge in [0.2, 0.25) is 0 Å². The van der Waals surface area contributed by atoms with Crippen molar-refractivity contribution >= 4 is 5.69 Å². The first-order valence-electron chi connectivity index (χ1n) is 6.14. The first-order chi connectivity index (χ1) is 8.13. The highest BCUT2D eigenvalue weighted by Gasteiger charge is 2.07. The average molecular weight is 237 g/mol. The van der Waals surface area contributed by atoms with Crippen molar-refractivity contribution in [2.45, 2.75) is 39.3 Å². The molecular weight excluding hydrogens is 214 g/mol. The molecule has 1 rings (SSSR count). The van der Waals surface area contributed by atoms with E-state index in [-0.39, 0.29) is 6.10 Å². The summed E-state index contributed by atoms with van der Waals surface area (Å²) in [6.45, 7) is 6.98. The lowest BCUT2D eigenvalue weighted by atomic mass is 10.2. The van der Waals surface area contributed by atoms with Gasteiger partial charge in [0, 0.05) is 19.8 Å². The van der Waals surface area contributed by atoms with Crippen LogP contribution >= 0.6 is 0 Å². The van der Waals surface area contributed by atoms with Crippen LogP contribution in [0.15, 0.2) is 24.3 Å². The molecule has 1 aromatic carbocycles. The highest BCUT2D eigenvalue weighted by Crippen LogP contribution is 2.25. The fourth-order valence-corrected chi connectivity index (χ4v) is 1.57. The van der Waals surface area contributed by atoms with Crippen LogP contribution in [-0.2, 0) is 4.74 Å². The van der Waals surface area contributed by atoms with Gasteiger partial charge in [-0.1, -0.05) is 12.1 Å². The first kappa shape index (κ1) is 13.8. The third-order valence-electron chi connectivity index (χ3n) is 2.41. The summed E-state index contributed by atoms with van der Waals surface area (Å²) in [5.41, 5.74) is 1.05. The van der Waals surface area contributed by atoms with Gasteiger partial charge in [0.15, 0.2) is 0 Å². The molecule has 0 saturated carbocycles. The van der Waals surface area contributed by atoms with Gasteiger partial charge >= 0.3 is 0 Å². The van der Waals surface area contributed by atoms with Gasteiger partial charge in [-0.3, -0.25) is 0 Å². The maximum absolute atomic E-state index is 5.76. The molecular formula is C14H23NO2. The maximum Gasteiger partial charge on any atom is 0.142 e. The van der Waals surface area contributed by atoms with Gasteiger partial charge in [0.05, 0.1) is 11.8 Å². The van der Waals surface area contributed by atoms with E-state index in [2.05, 4.69) is 12.2 Å². The molecule has 0 bridgehead atoms. The Morgan fingerprint density at radius 2 is 1.88 bits per heavy atom. The molecule has 17 heavy (non-hydrogen) atoms. The molecule has 1 N–H and O–H groups in total. The molecule has 0 aromatic heterocycles. The van der Waals surface area contributed by atoms with E-state index in [1.807, 2.05) is 38.1 Å². The second kappa shape index (κ2) is 7.17. The fraction of sp³-hybridized carbons (Fsp3) is 0.571. The van der Waals surface area contributed by atoms with Crippen molar-refractivity contribution in [2.75, 3.05) is 19.0 Å². The van der Waals surface area contributed by atoms with Crippen LogP contribution in [0.25, 0.3) is 0 Å². The van der Waals surface area contributed by atoms with Crippen LogP contribution in [0.3, 0.4) is 0 Å². The number of hydrogen-bond acceptors (Lipinski definition) is 3. The molecule has 3 heteroatoms. The molecule has 0 spiro atoms. The van der Waals surface area contributed by atoms with E-state index >= 15 is 0 Å². The van der Waals surface area contributed by atoms with Gasteiger partial charge in [0.25, 0.3) is 0 Å². The van der Waals surface area contributed by atoms with Crippen LogP contribution in [0.1, 0.15) is 27.2 Å². The largest absolute Gasteiger partial charge is 0.489 e. The number of anilines is 1. The molecule has 3 nitrogen and oxygen atoms in total. The van der Waals surface area contributed by atoms with E-state index in [0.717, 1.165) is 24.5 Å². The number of para-hydroxylation sites is 2. The van der Waals surface area contributed by atoms with Crippen LogP contribution in [-0.4, -0.2) is 25.9 Å². The Labute approximate surface area is 104 Å². The molecule has 0 heterocycles. The van der Waals surface area contributed by atoms with Crippen LogP contribution in [0.4, 0.5) is 5.69 Å². The molecule has 0 aliphatic carbocycles. The molecule has 1 aromatic rings. The monoisotopic (exact) mass is 237 g/mol. The second-order valence-electron chi connectivity index (χ2n) is 4.49. The number of ether oxygens (including phenoxy) is 2. The summed E-state index contributed by atoms with van der Waals surface area (Å²) in [4.78, 5) is 0. The van der Waals surface area contributed by atoms with E-state index in [9.17, 15) is 0 Å². The van der Waals surface area contributed by atoms with Gasteiger partial charge in [-0.25, -0.2) is 0 Å². The Morgan fingerprint density at radius 1 is 1.18 bits per heavy atom. The van der Waals surface area contributed by atoms with Crippen molar-refractivity contribution in [2.24, 2.45) is 0 Å². The average Bonchev–Trinajstić information content (AvgIpc) is 2.28. The minimum Gasteiger partial charge on any atom is -0.489 e. The molecule has 0 aliphatic rings. The van der Waals surface area contributed by atoms with Gasteiger partial charge in [-0.05, 0) is 39.3 Å². The Balaban J connectivity index is 2.62. The standard InChI is InChI=1S/C14H23NO2/c1-11(2)17-14-8-6-5-7-13(14)15-12(3)9-10-16-4/h5-8,11-12,15H,9-10H2,1-4H3. The molecule has 1 unspecified atom stereocenters. The third-order valence-corrected chi connectivity index (χ3v) is 2.41. The minimum absolute atomic E-state index is 0.187. The number of benzene rings is 1. The zero-order valence-corrected chi connectivity index (χ0v) is 11.2. The van der Waals surface area contributed by atoms with Crippen molar-refractivity contribution < 1.29 is 9.47 Å². The lowest BCUT2D eigenvalue weighted by Crippen LogP contribution is -2.18. The fourth-order valence-electron chi connectivity index (χ4n) is 1.57. The normalized spacial score (nSPS) is 12.5. The summed E-state index contributed by atoms with van der Waals surface area (Å²) in [5, 5.41) is 3.45. The van der Waals surface area contributed by atoms with Crippen LogP contribution in [0.5, 0.6) is 5.75 Å². The van der Waals surface area contributed by atoms with Crippen LogP contribution in [0.2, 0.25) is 0 Å². The summed E-state index contributed by atoms with van der Waals surface area (Å²) < 4.78 is 10.8. The summed E-state index contributed by atoms with van der Waals surface area (Å²) in [6, 6.07) is 8.40. The smallest absolute Gasteiger partial charge is 0.142 e. The van der Waals surface area contributed by atoms with E-state index in [1.165, 1.54) is 0 Å². The summed E-state index contributed by atoms with van der Waals surface area (Å²) in [6.07, 6.45) is 1.17. The highest BCUT2D eigenvalue weighted by atomic mass is 16.5. The lowest BCUT2D eigenvalue weighted by Gasteiger charge is -2.19. The highest BCUT2D eigenvalue weighted by molar-refractivity contribution is 5.56. The van der Waals surface area contributed by atoms with Gasteiger partial charge < -0.3 is 14.8 Å². The summed E-state index contributed by atoms with van der Waals surface area (Å²) >= 11 is 0. The SMILES string of the molecule is COCCC(C)Nc1ccccc1OC(C)C. The van der Waals surface area contributed by atoms with Crippen LogP contribution in [0, 0.1) is 0 Å². The second-order valence-corrected chi connectivity index (χ2v) is 4.49. The lowest BCUT2D eigenvalue weighted by molar-refractivity contribution is 0.191. The number of nitrogens with one attached hydrogen (secondary N) is 1. The number of hydrogen-bond donors (Lipinski definition) is 1. The van der Waals surface area contributed by atoms with E-state index in [1.54, 1.807) is 7.11 Å². The topological polar surface area (TPSA) is 30.5 Å². The predicted molar refractivity (Wildman–Crippen MR) is 71.8 cm³/mol. The zero-order valence-electron chi connectivity index (χ0n) is 11.2. The maximum atomic E-state index is 5.76. The van der Waals surface area contributed by atoms with E-state index in [4.69, 9.17) is 9.47 Å². The predicted octanol–water partition coefficient (Wildman–Crippen LogP) is 3.31. The van der Waals surface area contributed by atoms with Gasteiger partial charge in [0.1, 0.15) is 5.75 Å².